The lowest BCUT2D eigenvalue weighted by Gasteiger charge is -2.32. The van der Waals surface area contributed by atoms with Crippen LogP contribution < -0.4 is 15.5 Å². The van der Waals surface area contributed by atoms with E-state index in [-0.39, 0.29) is 24.9 Å². The number of aryl methyl sites for hydroxylation is 1. The molecule has 0 saturated heterocycles. The number of nitrogens with zero attached hydrogens (tertiary/aromatic N) is 4. The molecule has 35 heavy (non-hydrogen) atoms. The van der Waals surface area contributed by atoms with Crippen LogP contribution in [0.2, 0.25) is 0 Å². The monoisotopic (exact) mass is 476 g/mol. The van der Waals surface area contributed by atoms with E-state index in [1.54, 1.807) is 29.1 Å². The van der Waals surface area contributed by atoms with Gasteiger partial charge in [-0.1, -0.05) is 51.1 Å². The van der Waals surface area contributed by atoms with Crippen LogP contribution >= 0.6 is 0 Å². The predicted molar refractivity (Wildman–Crippen MR) is 137 cm³/mol. The average molecular weight is 477 g/mol. The minimum Gasteiger partial charge on any atom is -0.353 e. The molecule has 0 saturated carbocycles. The molecule has 1 heterocycles. The van der Waals surface area contributed by atoms with Gasteiger partial charge in [0.05, 0.1) is 24.7 Å². The molecule has 2 aromatic rings. The van der Waals surface area contributed by atoms with E-state index in [4.69, 9.17) is 0 Å². The van der Waals surface area contributed by atoms with Gasteiger partial charge >= 0.3 is 0 Å². The van der Waals surface area contributed by atoms with Crippen LogP contribution in [0.5, 0.6) is 0 Å². The molecule has 3 rings (SSSR count). The van der Waals surface area contributed by atoms with E-state index in [2.05, 4.69) is 42.7 Å². The highest BCUT2D eigenvalue weighted by molar-refractivity contribution is 5.87. The molecular formula is C27H36N6O2. The third kappa shape index (κ3) is 7.04. The van der Waals surface area contributed by atoms with Gasteiger partial charge in [-0.05, 0) is 35.2 Å². The second-order valence-electron chi connectivity index (χ2n) is 9.13. The number of hydrogen-bond donors (Lipinski definition) is 2. The van der Waals surface area contributed by atoms with Gasteiger partial charge in [0, 0.05) is 45.0 Å². The molecule has 0 fully saturated rings. The Hall–Kier alpha value is -3.41. The summed E-state index contributed by atoms with van der Waals surface area (Å²) in [6, 6.07) is 16.1. The van der Waals surface area contributed by atoms with Crippen molar-refractivity contribution in [2.24, 2.45) is 0 Å². The van der Waals surface area contributed by atoms with E-state index in [9.17, 15) is 14.9 Å². The van der Waals surface area contributed by atoms with E-state index in [0.29, 0.717) is 37.8 Å². The first-order valence-corrected chi connectivity index (χ1v) is 12.2. The molecule has 0 spiro atoms. The smallest absolute Gasteiger partial charge is 0.256 e. The number of likely N-dealkylation sites (N-methyl/N-ethyl adjacent to an activating group) is 1. The van der Waals surface area contributed by atoms with Gasteiger partial charge in [-0.15, -0.1) is 0 Å². The van der Waals surface area contributed by atoms with Gasteiger partial charge in [0.15, 0.2) is 0 Å². The molecule has 0 aromatic heterocycles. The number of carbonyl (C=O) groups is 2. The standard InChI is InChI=1S/C27H36N6O2/c1-5-22-11-10-21(15-28)14-25(22)32(18-26(34)30-13-12-29-20(2)3)19-27(35)31(4)33-16-23-8-6-7-9-24(23)17-33/h6-11,14,20,29H,5,12-13,16-19H2,1-4H3,(H,30,34). The van der Waals surface area contributed by atoms with E-state index < -0.39 is 0 Å². The summed E-state index contributed by atoms with van der Waals surface area (Å²) in [5.41, 5.74) is 4.66. The summed E-state index contributed by atoms with van der Waals surface area (Å²) < 4.78 is 0. The maximum absolute atomic E-state index is 13.4. The minimum absolute atomic E-state index is 0.0306. The fraction of sp³-hybridized carbons (Fsp3) is 0.444. The van der Waals surface area contributed by atoms with Gasteiger partial charge in [0.25, 0.3) is 5.91 Å². The van der Waals surface area contributed by atoms with Crippen LogP contribution in [-0.2, 0) is 29.1 Å². The number of benzene rings is 2. The Bertz CT molecular complexity index is 1050. The van der Waals surface area contributed by atoms with E-state index in [0.717, 1.165) is 17.7 Å². The Morgan fingerprint density at radius 2 is 1.77 bits per heavy atom. The molecule has 1 aliphatic rings. The number of carbonyl (C=O) groups excluding carboxylic acids is 2. The molecular weight excluding hydrogens is 440 g/mol. The van der Waals surface area contributed by atoms with E-state index in [1.165, 1.54) is 11.1 Å². The van der Waals surface area contributed by atoms with Gasteiger partial charge in [-0.25, -0.2) is 5.01 Å². The van der Waals surface area contributed by atoms with Crippen molar-refractivity contribution in [1.82, 2.24) is 20.7 Å². The van der Waals surface area contributed by atoms with Crippen LogP contribution in [0.15, 0.2) is 42.5 Å². The molecule has 2 N–H and O–H groups in total. The number of nitriles is 1. The number of hydrazine groups is 1. The van der Waals surface area contributed by atoms with Gasteiger partial charge < -0.3 is 15.5 Å². The van der Waals surface area contributed by atoms with Crippen molar-refractivity contribution in [2.45, 2.75) is 46.3 Å². The van der Waals surface area contributed by atoms with Crippen LogP contribution in [0.4, 0.5) is 5.69 Å². The van der Waals surface area contributed by atoms with Crippen molar-refractivity contribution >= 4 is 17.5 Å². The zero-order valence-corrected chi connectivity index (χ0v) is 21.2. The molecule has 0 radical (unpaired) electrons. The zero-order valence-electron chi connectivity index (χ0n) is 21.2. The second-order valence-corrected chi connectivity index (χ2v) is 9.13. The summed E-state index contributed by atoms with van der Waals surface area (Å²) in [5, 5.41) is 19.3. The number of anilines is 1. The van der Waals surface area contributed by atoms with Crippen molar-refractivity contribution in [3.63, 3.8) is 0 Å². The Labute approximate surface area is 208 Å². The van der Waals surface area contributed by atoms with Crippen LogP contribution in [0, 0.1) is 11.3 Å². The van der Waals surface area contributed by atoms with Crippen LogP contribution in [0.3, 0.4) is 0 Å². The SMILES string of the molecule is CCc1ccc(C#N)cc1N(CC(=O)NCCNC(C)C)CC(=O)N(C)N1Cc2ccccc2C1. The molecule has 1 aliphatic heterocycles. The first-order valence-electron chi connectivity index (χ1n) is 12.2. The van der Waals surface area contributed by atoms with Crippen molar-refractivity contribution < 1.29 is 9.59 Å². The zero-order chi connectivity index (χ0) is 25.4. The second kappa shape index (κ2) is 12.3. The van der Waals surface area contributed by atoms with Crippen LogP contribution in [0.1, 0.15) is 43.0 Å². The van der Waals surface area contributed by atoms with Crippen molar-refractivity contribution in [1.29, 1.82) is 5.26 Å². The highest BCUT2D eigenvalue weighted by atomic mass is 16.2. The maximum atomic E-state index is 13.4. The van der Waals surface area contributed by atoms with Crippen molar-refractivity contribution in [3.05, 3.63) is 64.7 Å². The molecule has 0 bridgehead atoms. The van der Waals surface area contributed by atoms with E-state index in [1.807, 2.05) is 30.1 Å². The summed E-state index contributed by atoms with van der Waals surface area (Å²) in [6.45, 7) is 8.71. The van der Waals surface area contributed by atoms with Crippen LogP contribution in [0.25, 0.3) is 0 Å². The average Bonchev–Trinajstić information content (AvgIpc) is 3.29. The Morgan fingerprint density at radius 1 is 1.09 bits per heavy atom. The lowest BCUT2D eigenvalue weighted by Crippen LogP contribution is -2.48. The fourth-order valence-corrected chi connectivity index (χ4v) is 4.20. The molecule has 0 aliphatic carbocycles. The number of fused-ring (bicyclic) bond motifs is 1. The molecule has 2 amide bonds. The van der Waals surface area contributed by atoms with Crippen LogP contribution in [-0.4, -0.2) is 61.1 Å². The van der Waals surface area contributed by atoms with Crippen molar-refractivity contribution in [2.75, 3.05) is 38.1 Å². The normalized spacial score (nSPS) is 12.8. The summed E-state index contributed by atoms with van der Waals surface area (Å²) >= 11 is 0. The molecule has 0 atom stereocenters. The highest BCUT2D eigenvalue weighted by Gasteiger charge is 2.27. The maximum Gasteiger partial charge on any atom is 0.256 e. The molecule has 8 nitrogen and oxygen atoms in total. The topological polar surface area (TPSA) is 91.7 Å². The van der Waals surface area contributed by atoms with Crippen molar-refractivity contribution in [3.8, 4) is 6.07 Å². The Morgan fingerprint density at radius 3 is 2.37 bits per heavy atom. The minimum atomic E-state index is -0.163. The number of rotatable bonds is 11. The summed E-state index contributed by atoms with van der Waals surface area (Å²) in [7, 11) is 1.77. The summed E-state index contributed by atoms with van der Waals surface area (Å²) in [6.07, 6.45) is 0.725. The number of hydrogen-bond acceptors (Lipinski definition) is 6. The quantitative estimate of drug-likeness (QED) is 0.484. The lowest BCUT2D eigenvalue weighted by molar-refractivity contribution is -0.145. The molecule has 8 heteroatoms. The molecule has 186 valence electrons. The highest BCUT2D eigenvalue weighted by Crippen LogP contribution is 2.25. The lowest BCUT2D eigenvalue weighted by atomic mass is 10.1. The third-order valence-electron chi connectivity index (χ3n) is 6.21. The van der Waals surface area contributed by atoms with Gasteiger partial charge in [0.2, 0.25) is 5.91 Å². The van der Waals surface area contributed by atoms with Gasteiger partial charge in [-0.3, -0.25) is 14.6 Å². The molecule has 2 aromatic carbocycles. The Kier molecular flexibility index (Phi) is 9.24. The van der Waals surface area contributed by atoms with Gasteiger partial charge in [-0.2, -0.15) is 5.26 Å². The van der Waals surface area contributed by atoms with E-state index >= 15 is 0 Å². The van der Waals surface area contributed by atoms with Gasteiger partial charge in [0.1, 0.15) is 0 Å². The Balaban J connectivity index is 1.74. The first kappa shape index (κ1) is 26.2. The fourth-order valence-electron chi connectivity index (χ4n) is 4.20. The predicted octanol–water partition coefficient (Wildman–Crippen LogP) is 2.43. The first-order chi connectivity index (χ1) is 16.8. The summed E-state index contributed by atoms with van der Waals surface area (Å²) in [5.74, 6) is -0.277. The summed E-state index contributed by atoms with van der Waals surface area (Å²) in [4.78, 5) is 28.0. The molecule has 0 unspecified atom stereocenters. The number of nitrogens with one attached hydrogen (secondary N) is 2. The number of amides is 2. The third-order valence-corrected chi connectivity index (χ3v) is 6.21. The largest absolute Gasteiger partial charge is 0.353 e.